The number of phosphoric ester groups is 2. The number of rotatable bonds is 67. The van der Waals surface area contributed by atoms with E-state index >= 15 is 0 Å². The fourth-order valence-corrected chi connectivity index (χ4v) is 12.0. The van der Waals surface area contributed by atoms with Crippen LogP contribution in [0, 0.1) is 23.7 Å². The summed E-state index contributed by atoms with van der Waals surface area (Å²) in [6.45, 7) is 14.1. The first kappa shape index (κ1) is 87.1. The van der Waals surface area contributed by atoms with Crippen LogP contribution < -0.4 is 0 Å². The van der Waals surface area contributed by atoms with Gasteiger partial charge in [-0.15, -0.1) is 0 Å². The molecule has 0 saturated carbocycles. The van der Waals surface area contributed by atoms with Crippen LogP contribution >= 0.6 is 15.6 Å². The molecule has 17 nitrogen and oxygen atoms in total. The molecule has 0 rings (SSSR count). The van der Waals surface area contributed by atoms with Crippen LogP contribution in [0.5, 0.6) is 0 Å². The molecular weight excluding hydrogens is 1170 g/mol. The molecule has 19 heteroatoms. The van der Waals surface area contributed by atoms with E-state index < -0.39 is 97.5 Å². The van der Waals surface area contributed by atoms with Crippen molar-refractivity contribution in [2.24, 2.45) is 23.7 Å². The van der Waals surface area contributed by atoms with Gasteiger partial charge in [0.05, 0.1) is 26.4 Å². The van der Waals surface area contributed by atoms with Crippen molar-refractivity contribution in [3.8, 4) is 0 Å². The second kappa shape index (κ2) is 59.8. The third kappa shape index (κ3) is 63.2. The normalized spacial score (nSPS) is 14.6. The van der Waals surface area contributed by atoms with Gasteiger partial charge >= 0.3 is 39.5 Å². The Hall–Kier alpha value is -1.94. The van der Waals surface area contributed by atoms with Crippen molar-refractivity contribution >= 4 is 39.5 Å². The molecule has 528 valence electrons. The SMILES string of the molecule is CCC(C)CCCCCCCCC(=O)OC[C@H](COP(=O)(O)OC[C@H](O)COP(=O)(O)OC[C@@H](COC(=O)CCCCCCCCCCCCC(C)C)OC(=O)CCCCCCCCCC(C)C)OC(=O)CCCCCCCCCCCCCCCC(C)C. The van der Waals surface area contributed by atoms with Gasteiger partial charge < -0.3 is 33.8 Å². The van der Waals surface area contributed by atoms with Crippen LogP contribution in [0.1, 0.15) is 344 Å². The Labute approximate surface area is 543 Å². The Balaban J connectivity index is 5.23. The van der Waals surface area contributed by atoms with Crippen molar-refractivity contribution in [2.75, 3.05) is 39.6 Å². The monoisotopic (exact) mass is 1310 g/mol. The molecule has 0 aliphatic carbocycles. The van der Waals surface area contributed by atoms with E-state index in [9.17, 15) is 43.2 Å². The van der Waals surface area contributed by atoms with Gasteiger partial charge in [-0.05, 0) is 49.4 Å². The highest BCUT2D eigenvalue weighted by Gasteiger charge is 2.30. The molecule has 0 saturated heterocycles. The van der Waals surface area contributed by atoms with Crippen LogP contribution in [0.4, 0.5) is 0 Å². The maximum atomic E-state index is 13.0. The summed E-state index contributed by atoms with van der Waals surface area (Å²) in [5, 5.41) is 10.6. The minimum atomic E-state index is -4.95. The number of ether oxygens (including phenoxy) is 4. The summed E-state index contributed by atoms with van der Waals surface area (Å²) < 4.78 is 68.2. The number of unbranched alkanes of at least 4 members (excludes halogenated alkanes) is 32. The molecule has 0 heterocycles. The number of hydrogen-bond donors (Lipinski definition) is 3. The van der Waals surface area contributed by atoms with Gasteiger partial charge in [0.1, 0.15) is 19.3 Å². The van der Waals surface area contributed by atoms with Gasteiger partial charge in [-0.1, -0.05) is 293 Å². The number of carbonyl (C=O) groups excluding carboxylic acids is 4. The van der Waals surface area contributed by atoms with E-state index in [1.165, 1.54) is 141 Å². The second-order valence-corrected chi connectivity index (χ2v) is 29.8. The van der Waals surface area contributed by atoms with Crippen LogP contribution in [-0.4, -0.2) is 96.7 Å². The molecule has 0 spiro atoms. The number of aliphatic hydroxyl groups excluding tert-OH is 1. The number of phosphoric acid groups is 2. The first-order chi connectivity index (χ1) is 42.6. The molecular formula is C70H136O17P2. The van der Waals surface area contributed by atoms with Crippen molar-refractivity contribution in [1.29, 1.82) is 0 Å². The van der Waals surface area contributed by atoms with E-state index in [0.717, 1.165) is 114 Å². The highest BCUT2D eigenvalue weighted by molar-refractivity contribution is 7.47. The minimum Gasteiger partial charge on any atom is -0.462 e. The van der Waals surface area contributed by atoms with Crippen LogP contribution in [0.25, 0.3) is 0 Å². The van der Waals surface area contributed by atoms with E-state index in [1.807, 2.05) is 0 Å². The summed E-state index contributed by atoms with van der Waals surface area (Å²) >= 11 is 0. The van der Waals surface area contributed by atoms with Crippen LogP contribution in [0.3, 0.4) is 0 Å². The third-order valence-corrected chi connectivity index (χ3v) is 18.3. The Morgan fingerprint density at radius 2 is 0.539 bits per heavy atom. The van der Waals surface area contributed by atoms with Crippen LogP contribution in [0.15, 0.2) is 0 Å². The average molecular weight is 1310 g/mol. The smallest absolute Gasteiger partial charge is 0.462 e. The standard InChI is InChI=1S/C70H136O17P2/c1-9-63(8)49-41-33-28-29-35-43-51-68(73)81-57-66(86-69(74)52-44-36-26-20-14-12-10-11-13-17-22-30-38-46-60(2)3)59-85-89(78,79)83-55-64(71)54-82-88(76,77)84-58-65(87-70(75)53-45-37-27-21-24-32-40-48-62(6)7)56-80-67(72)50-42-34-25-19-16-15-18-23-31-39-47-61(4)5/h60-66,71H,9-59H2,1-8H3,(H,76,77)(H,78,79)/t63?,64-,65-,66-/m1/s1. The topological polar surface area (TPSA) is 237 Å². The summed E-state index contributed by atoms with van der Waals surface area (Å²) in [5.41, 5.74) is 0. The van der Waals surface area contributed by atoms with Gasteiger partial charge in [-0.2, -0.15) is 0 Å². The Morgan fingerprint density at radius 1 is 0.315 bits per heavy atom. The Kier molecular flexibility index (Phi) is 58.5. The van der Waals surface area contributed by atoms with E-state index in [2.05, 4.69) is 55.4 Å². The lowest BCUT2D eigenvalue weighted by atomic mass is 10.00. The van der Waals surface area contributed by atoms with E-state index in [4.69, 9.17) is 37.0 Å². The first-order valence-corrected chi connectivity index (χ1v) is 39.2. The lowest BCUT2D eigenvalue weighted by molar-refractivity contribution is -0.161. The molecule has 0 aromatic heterocycles. The summed E-state index contributed by atoms with van der Waals surface area (Å²) in [7, 11) is -9.90. The number of hydrogen-bond acceptors (Lipinski definition) is 15. The van der Waals surface area contributed by atoms with Crippen molar-refractivity contribution in [3.63, 3.8) is 0 Å². The average Bonchev–Trinajstić information content (AvgIpc) is 3.64. The van der Waals surface area contributed by atoms with Gasteiger partial charge in [0.15, 0.2) is 12.2 Å². The summed E-state index contributed by atoms with van der Waals surface area (Å²) in [5.74, 6) is 0.840. The first-order valence-electron chi connectivity index (χ1n) is 36.2. The van der Waals surface area contributed by atoms with Crippen LogP contribution in [-0.2, 0) is 65.4 Å². The number of aliphatic hydroxyl groups is 1. The molecule has 0 radical (unpaired) electrons. The molecule has 0 aromatic carbocycles. The van der Waals surface area contributed by atoms with Gasteiger partial charge in [0.2, 0.25) is 0 Å². The molecule has 3 unspecified atom stereocenters. The molecule has 6 atom stereocenters. The quantitative estimate of drug-likeness (QED) is 0.0222. The van der Waals surface area contributed by atoms with E-state index in [0.29, 0.717) is 31.6 Å². The molecule has 3 N–H and O–H groups in total. The largest absolute Gasteiger partial charge is 0.472 e. The third-order valence-electron chi connectivity index (χ3n) is 16.4. The summed E-state index contributed by atoms with van der Waals surface area (Å²) in [4.78, 5) is 72.5. The molecule has 89 heavy (non-hydrogen) atoms. The van der Waals surface area contributed by atoms with E-state index in [1.54, 1.807) is 0 Å². The lowest BCUT2D eigenvalue weighted by Crippen LogP contribution is -2.30. The zero-order chi connectivity index (χ0) is 66.1. The summed E-state index contributed by atoms with van der Waals surface area (Å²) in [6, 6.07) is 0. The number of carbonyl (C=O) groups is 4. The predicted octanol–water partition coefficient (Wildman–Crippen LogP) is 19.7. The zero-order valence-electron chi connectivity index (χ0n) is 58.1. The number of esters is 4. The van der Waals surface area contributed by atoms with Gasteiger partial charge in [0.25, 0.3) is 0 Å². The minimum absolute atomic E-state index is 0.103. The molecule has 0 aliphatic heterocycles. The fraction of sp³-hybridized carbons (Fsp3) is 0.943. The Bertz CT molecular complexity index is 1770. The molecule has 0 aromatic rings. The molecule has 0 bridgehead atoms. The van der Waals surface area contributed by atoms with Gasteiger partial charge in [-0.3, -0.25) is 37.3 Å². The highest BCUT2D eigenvalue weighted by atomic mass is 31.2. The predicted molar refractivity (Wildman–Crippen MR) is 358 cm³/mol. The molecule has 0 amide bonds. The summed E-state index contributed by atoms with van der Waals surface area (Å²) in [6.07, 6.45) is 41.8. The van der Waals surface area contributed by atoms with Crippen molar-refractivity contribution in [3.05, 3.63) is 0 Å². The van der Waals surface area contributed by atoms with Crippen molar-refractivity contribution < 1.29 is 80.2 Å². The van der Waals surface area contributed by atoms with Crippen molar-refractivity contribution in [1.82, 2.24) is 0 Å². The van der Waals surface area contributed by atoms with Crippen LogP contribution in [0.2, 0.25) is 0 Å². The van der Waals surface area contributed by atoms with Gasteiger partial charge in [0, 0.05) is 25.7 Å². The fourth-order valence-electron chi connectivity index (χ4n) is 10.5. The molecule has 0 aliphatic rings. The van der Waals surface area contributed by atoms with Crippen molar-refractivity contribution in [2.45, 2.75) is 363 Å². The second-order valence-electron chi connectivity index (χ2n) is 26.9. The maximum Gasteiger partial charge on any atom is 0.472 e. The lowest BCUT2D eigenvalue weighted by Gasteiger charge is -2.21. The maximum absolute atomic E-state index is 13.0. The molecule has 0 fully saturated rings. The highest BCUT2D eigenvalue weighted by Crippen LogP contribution is 2.45. The van der Waals surface area contributed by atoms with Gasteiger partial charge in [-0.25, -0.2) is 9.13 Å². The Morgan fingerprint density at radius 3 is 0.798 bits per heavy atom. The zero-order valence-corrected chi connectivity index (χ0v) is 59.8. The van der Waals surface area contributed by atoms with E-state index in [-0.39, 0.29) is 25.7 Å².